The summed E-state index contributed by atoms with van der Waals surface area (Å²) in [5, 5.41) is 6.02. The van der Waals surface area contributed by atoms with Crippen molar-refractivity contribution < 1.29 is 4.79 Å². The molecule has 0 saturated carbocycles. The molecule has 0 bridgehead atoms. The summed E-state index contributed by atoms with van der Waals surface area (Å²) < 4.78 is 0. The van der Waals surface area contributed by atoms with Gasteiger partial charge in [0.15, 0.2) is 0 Å². The molecule has 1 aromatic rings. The van der Waals surface area contributed by atoms with Gasteiger partial charge in [0.2, 0.25) is 0 Å². The van der Waals surface area contributed by atoms with E-state index in [2.05, 4.69) is 34.4 Å². The number of anilines is 1. The van der Waals surface area contributed by atoms with Crippen molar-refractivity contribution >= 4 is 11.7 Å². The van der Waals surface area contributed by atoms with Gasteiger partial charge in [-0.2, -0.15) is 0 Å². The van der Waals surface area contributed by atoms with Crippen molar-refractivity contribution in [3.05, 3.63) is 23.9 Å². The van der Waals surface area contributed by atoms with Gasteiger partial charge in [0.25, 0.3) is 5.91 Å². The van der Waals surface area contributed by atoms with E-state index < -0.39 is 0 Å². The predicted molar refractivity (Wildman–Crippen MR) is 78.4 cm³/mol. The summed E-state index contributed by atoms with van der Waals surface area (Å²) in [6.07, 6.45) is 1.67. The van der Waals surface area contributed by atoms with Crippen LogP contribution < -0.4 is 10.6 Å². The van der Waals surface area contributed by atoms with E-state index in [1.807, 2.05) is 14.1 Å². The van der Waals surface area contributed by atoms with Crippen LogP contribution in [0.25, 0.3) is 0 Å². The van der Waals surface area contributed by atoms with E-state index in [9.17, 15) is 4.79 Å². The molecule has 0 aliphatic heterocycles. The molecule has 0 radical (unpaired) electrons. The Balaban J connectivity index is 2.81. The average molecular weight is 264 g/mol. The number of nitrogens with zero attached hydrogens (tertiary/aromatic N) is 2. The zero-order valence-electron chi connectivity index (χ0n) is 12.4. The Labute approximate surface area is 115 Å². The first-order valence-corrected chi connectivity index (χ1v) is 6.54. The van der Waals surface area contributed by atoms with Gasteiger partial charge in [-0.15, -0.1) is 0 Å². The van der Waals surface area contributed by atoms with Crippen LogP contribution in [0.5, 0.6) is 0 Å². The molecular weight excluding hydrogens is 240 g/mol. The van der Waals surface area contributed by atoms with Gasteiger partial charge in [0.1, 0.15) is 5.82 Å². The quantitative estimate of drug-likeness (QED) is 0.816. The topological polar surface area (TPSA) is 57.3 Å². The Morgan fingerprint density at radius 1 is 1.42 bits per heavy atom. The maximum atomic E-state index is 12.3. The van der Waals surface area contributed by atoms with Crippen LogP contribution >= 0.6 is 0 Å². The molecule has 5 nitrogen and oxygen atoms in total. The van der Waals surface area contributed by atoms with Gasteiger partial charge in [0.05, 0.1) is 5.56 Å². The number of likely N-dealkylation sites (N-methyl/N-ethyl adjacent to an activating group) is 1. The second-order valence-corrected chi connectivity index (χ2v) is 5.24. The maximum absolute atomic E-state index is 12.3. The van der Waals surface area contributed by atoms with Crippen molar-refractivity contribution in [1.29, 1.82) is 0 Å². The number of carbonyl (C=O) groups is 1. The van der Waals surface area contributed by atoms with Gasteiger partial charge >= 0.3 is 0 Å². The molecule has 0 fully saturated rings. The molecule has 0 aromatic carbocycles. The molecule has 1 aromatic heterocycles. The SMILES string of the molecule is CNc1ncccc1C(=O)NC(CN(C)C)C(C)C. The summed E-state index contributed by atoms with van der Waals surface area (Å²) in [4.78, 5) is 18.5. The lowest BCUT2D eigenvalue weighted by Gasteiger charge is -2.25. The van der Waals surface area contributed by atoms with Gasteiger partial charge in [-0.25, -0.2) is 4.98 Å². The van der Waals surface area contributed by atoms with Gasteiger partial charge in [-0.3, -0.25) is 4.79 Å². The third kappa shape index (κ3) is 4.52. The predicted octanol–water partition coefficient (Wildman–Crippen LogP) is 1.44. The highest BCUT2D eigenvalue weighted by molar-refractivity contribution is 5.98. The second kappa shape index (κ2) is 7.09. The number of aromatic nitrogens is 1. The standard InChI is InChI=1S/C14H24N4O/c1-10(2)12(9-18(4)5)17-14(19)11-7-6-8-16-13(11)15-3/h6-8,10,12H,9H2,1-5H3,(H,15,16)(H,17,19). The lowest BCUT2D eigenvalue weighted by atomic mass is 10.0. The van der Waals surface area contributed by atoms with Gasteiger partial charge in [-0.1, -0.05) is 13.8 Å². The van der Waals surface area contributed by atoms with E-state index in [1.165, 1.54) is 0 Å². The van der Waals surface area contributed by atoms with E-state index in [-0.39, 0.29) is 11.9 Å². The molecule has 2 N–H and O–H groups in total. The Morgan fingerprint density at radius 3 is 2.63 bits per heavy atom. The highest BCUT2D eigenvalue weighted by Crippen LogP contribution is 2.12. The summed E-state index contributed by atoms with van der Waals surface area (Å²) in [6.45, 7) is 5.03. The van der Waals surface area contributed by atoms with E-state index in [0.717, 1.165) is 6.54 Å². The first kappa shape index (κ1) is 15.4. The van der Waals surface area contributed by atoms with Gasteiger partial charge in [0, 0.05) is 25.8 Å². The number of rotatable bonds is 6. The Bertz CT molecular complexity index is 418. The molecule has 1 amide bonds. The molecule has 0 aliphatic rings. The van der Waals surface area contributed by atoms with E-state index >= 15 is 0 Å². The van der Waals surface area contributed by atoms with Crippen LogP contribution in [0.3, 0.4) is 0 Å². The molecule has 0 aliphatic carbocycles. The zero-order valence-corrected chi connectivity index (χ0v) is 12.4. The normalized spacial score (nSPS) is 12.6. The molecule has 1 atom stereocenters. The second-order valence-electron chi connectivity index (χ2n) is 5.24. The molecule has 0 spiro atoms. The molecular formula is C14H24N4O. The Hall–Kier alpha value is -1.62. The number of amides is 1. The third-order valence-corrected chi connectivity index (χ3v) is 2.97. The number of nitrogens with one attached hydrogen (secondary N) is 2. The lowest BCUT2D eigenvalue weighted by molar-refractivity contribution is 0.0917. The minimum atomic E-state index is -0.0852. The summed E-state index contributed by atoms with van der Waals surface area (Å²) in [7, 11) is 5.77. The minimum absolute atomic E-state index is 0.0852. The largest absolute Gasteiger partial charge is 0.372 e. The van der Waals surface area contributed by atoms with Crippen molar-refractivity contribution in [1.82, 2.24) is 15.2 Å². The first-order valence-electron chi connectivity index (χ1n) is 6.54. The summed E-state index contributed by atoms with van der Waals surface area (Å²) >= 11 is 0. The van der Waals surface area contributed by atoms with Gasteiger partial charge < -0.3 is 15.5 Å². The first-order chi connectivity index (χ1) is 8.95. The summed E-state index contributed by atoms with van der Waals surface area (Å²) in [6, 6.07) is 3.67. The van der Waals surface area contributed by atoms with Crippen LogP contribution in [0.15, 0.2) is 18.3 Å². The Kier molecular flexibility index (Phi) is 5.76. The fourth-order valence-electron chi connectivity index (χ4n) is 1.85. The molecule has 1 unspecified atom stereocenters. The van der Waals surface area contributed by atoms with Crippen molar-refractivity contribution in [2.45, 2.75) is 19.9 Å². The highest BCUT2D eigenvalue weighted by Gasteiger charge is 2.19. The van der Waals surface area contributed by atoms with Crippen molar-refractivity contribution in [3.8, 4) is 0 Å². The minimum Gasteiger partial charge on any atom is -0.372 e. The number of carbonyl (C=O) groups excluding carboxylic acids is 1. The lowest BCUT2D eigenvalue weighted by Crippen LogP contribution is -2.45. The van der Waals surface area contributed by atoms with Crippen molar-refractivity contribution in [2.24, 2.45) is 5.92 Å². The number of pyridine rings is 1. The molecule has 0 saturated heterocycles. The number of hydrogen-bond donors (Lipinski definition) is 2. The highest BCUT2D eigenvalue weighted by atomic mass is 16.1. The average Bonchev–Trinajstić information content (AvgIpc) is 2.37. The zero-order chi connectivity index (χ0) is 14.4. The molecule has 19 heavy (non-hydrogen) atoms. The smallest absolute Gasteiger partial charge is 0.255 e. The van der Waals surface area contributed by atoms with Crippen LogP contribution in [0.1, 0.15) is 24.2 Å². The summed E-state index contributed by atoms with van der Waals surface area (Å²) in [5.74, 6) is 0.895. The van der Waals surface area contributed by atoms with E-state index in [0.29, 0.717) is 17.3 Å². The molecule has 5 heteroatoms. The molecule has 1 rings (SSSR count). The fourth-order valence-corrected chi connectivity index (χ4v) is 1.85. The van der Waals surface area contributed by atoms with Crippen LogP contribution in [0, 0.1) is 5.92 Å². The van der Waals surface area contributed by atoms with Crippen LogP contribution in [0.2, 0.25) is 0 Å². The maximum Gasteiger partial charge on any atom is 0.255 e. The number of hydrogen-bond acceptors (Lipinski definition) is 4. The van der Waals surface area contributed by atoms with Crippen molar-refractivity contribution in [3.63, 3.8) is 0 Å². The molecule has 1 heterocycles. The van der Waals surface area contributed by atoms with Crippen molar-refractivity contribution in [2.75, 3.05) is 33.0 Å². The van der Waals surface area contributed by atoms with E-state index in [1.54, 1.807) is 25.4 Å². The Morgan fingerprint density at radius 2 is 2.11 bits per heavy atom. The molecule has 106 valence electrons. The monoisotopic (exact) mass is 264 g/mol. The van der Waals surface area contributed by atoms with Gasteiger partial charge in [-0.05, 0) is 32.1 Å². The van der Waals surface area contributed by atoms with Crippen LogP contribution in [-0.2, 0) is 0 Å². The summed E-state index contributed by atoms with van der Waals surface area (Å²) in [5.41, 5.74) is 0.578. The van der Waals surface area contributed by atoms with E-state index in [4.69, 9.17) is 0 Å². The fraction of sp³-hybridized carbons (Fsp3) is 0.571. The third-order valence-electron chi connectivity index (χ3n) is 2.97. The van der Waals surface area contributed by atoms with Crippen LogP contribution in [-0.4, -0.2) is 49.5 Å². The van der Waals surface area contributed by atoms with Crippen LogP contribution in [0.4, 0.5) is 5.82 Å².